The molecular weight excluding hydrogens is 350 g/mol. The minimum atomic E-state index is -0.349. The Morgan fingerprint density at radius 1 is 1.27 bits per heavy atom. The number of aryl methyl sites for hydroxylation is 2. The number of amides is 1. The van der Waals surface area contributed by atoms with E-state index in [1.54, 1.807) is 4.90 Å². The van der Waals surface area contributed by atoms with E-state index in [2.05, 4.69) is 15.4 Å². The number of carbonyl (C=O) groups excluding carboxylic acids is 1. The fourth-order valence-electron chi connectivity index (χ4n) is 3.04. The van der Waals surface area contributed by atoms with Crippen molar-refractivity contribution >= 4 is 33.0 Å². The predicted molar refractivity (Wildman–Crippen MR) is 102 cm³/mol. The zero-order valence-corrected chi connectivity index (χ0v) is 15.4. The summed E-state index contributed by atoms with van der Waals surface area (Å²) in [6.07, 6.45) is 1.38. The van der Waals surface area contributed by atoms with E-state index in [1.165, 1.54) is 21.9 Å². The second-order valence-corrected chi connectivity index (χ2v) is 7.31. The molecular formula is C18H19N5O2S. The third kappa shape index (κ3) is 2.96. The Morgan fingerprint density at radius 2 is 2.04 bits per heavy atom. The number of hydrogen-bond acceptors (Lipinski definition) is 6. The van der Waals surface area contributed by atoms with Crippen LogP contribution in [0, 0.1) is 6.92 Å². The van der Waals surface area contributed by atoms with Gasteiger partial charge in [0.2, 0.25) is 16.0 Å². The normalized spacial score (nSPS) is 17.2. The minimum Gasteiger partial charge on any atom is -0.348 e. The van der Waals surface area contributed by atoms with Gasteiger partial charge in [-0.1, -0.05) is 36.0 Å². The highest BCUT2D eigenvalue weighted by Gasteiger charge is 2.33. The molecule has 1 atom stereocenters. The van der Waals surface area contributed by atoms with Gasteiger partial charge in [0.1, 0.15) is 6.04 Å². The Balaban J connectivity index is 1.55. The largest absolute Gasteiger partial charge is 0.348 e. The van der Waals surface area contributed by atoms with E-state index < -0.39 is 0 Å². The van der Waals surface area contributed by atoms with E-state index in [1.807, 2.05) is 38.1 Å². The summed E-state index contributed by atoms with van der Waals surface area (Å²) in [7, 11) is 0. The fraction of sp³-hybridized carbons (Fsp3) is 0.333. The Morgan fingerprint density at radius 3 is 2.77 bits per heavy atom. The zero-order chi connectivity index (χ0) is 18.3. The van der Waals surface area contributed by atoms with Crippen molar-refractivity contribution in [2.75, 3.05) is 16.8 Å². The van der Waals surface area contributed by atoms with Crippen LogP contribution in [0.2, 0.25) is 0 Å². The molecule has 3 heterocycles. The number of nitrogens with zero attached hydrogens (tertiary/aromatic N) is 4. The van der Waals surface area contributed by atoms with Crippen molar-refractivity contribution in [3.63, 3.8) is 0 Å². The number of nitrogens with one attached hydrogen (secondary N) is 1. The molecule has 1 unspecified atom stereocenters. The topological polar surface area (TPSA) is 79.6 Å². The summed E-state index contributed by atoms with van der Waals surface area (Å²) in [5.41, 5.74) is 2.61. The second-order valence-electron chi connectivity index (χ2n) is 6.35. The van der Waals surface area contributed by atoms with Crippen LogP contribution < -0.4 is 15.8 Å². The summed E-state index contributed by atoms with van der Waals surface area (Å²) in [6, 6.07) is 9.07. The van der Waals surface area contributed by atoms with Gasteiger partial charge in [0.05, 0.1) is 0 Å². The molecule has 8 heteroatoms. The first-order valence-electron chi connectivity index (χ1n) is 8.59. The van der Waals surface area contributed by atoms with E-state index in [9.17, 15) is 9.59 Å². The summed E-state index contributed by atoms with van der Waals surface area (Å²) in [5, 5.41) is 7.98. The van der Waals surface area contributed by atoms with Gasteiger partial charge in [0.25, 0.3) is 5.56 Å². The quantitative estimate of drug-likeness (QED) is 0.763. The maximum Gasteiger partial charge on any atom is 0.275 e. The van der Waals surface area contributed by atoms with Crippen molar-refractivity contribution < 1.29 is 4.79 Å². The lowest BCUT2D eigenvalue weighted by Gasteiger charge is -2.17. The molecule has 1 fully saturated rings. The Labute approximate surface area is 154 Å². The molecule has 0 aliphatic carbocycles. The first-order valence-corrected chi connectivity index (χ1v) is 9.41. The summed E-state index contributed by atoms with van der Waals surface area (Å²) < 4.78 is 1.28. The zero-order valence-electron chi connectivity index (χ0n) is 14.6. The molecule has 7 nitrogen and oxygen atoms in total. The number of hydrogen-bond donors (Lipinski definition) is 1. The van der Waals surface area contributed by atoms with E-state index in [-0.39, 0.29) is 17.5 Å². The number of anilines is 2. The average molecular weight is 369 g/mol. The lowest BCUT2D eigenvalue weighted by molar-refractivity contribution is -0.117. The smallest absolute Gasteiger partial charge is 0.275 e. The van der Waals surface area contributed by atoms with Crippen LogP contribution in [0.25, 0.3) is 4.96 Å². The van der Waals surface area contributed by atoms with Gasteiger partial charge in [0.15, 0.2) is 0 Å². The number of carbonyl (C=O) groups is 1. The van der Waals surface area contributed by atoms with Crippen molar-refractivity contribution in [1.82, 2.24) is 14.6 Å². The van der Waals surface area contributed by atoms with Gasteiger partial charge in [-0.25, -0.2) is 4.98 Å². The molecule has 26 heavy (non-hydrogen) atoms. The second kappa shape index (κ2) is 6.53. The summed E-state index contributed by atoms with van der Waals surface area (Å²) in [4.78, 5) is 31.6. The van der Waals surface area contributed by atoms with Crippen LogP contribution in [0.4, 0.5) is 10.8 Å². The Bertz CT molecular complexity index is 1020. The van der Waals surface area contributed by atoms with Crippen LogP contribution in [-0.2, 0) is 11.2 Å². The first-order chi connectivity index (χ1) is 12.5. The molecule has 0 spiro atoms. The van der Waals surface area contributed by atoms with Crippen molar-refractivity contribution in [3.8, 4) is 0 Å². The monoisotopic (exact) mass is 369 g/mol. The Kier molecular flexibility index (Phi) is 4.20. The molecule has 134 valence electrons. The molecule has 0 bridgehead atoms. The summed E-state index contributed by atoms with van der Waals surface area (Å²) >= 11 is 1.29. The third-order valence-corrected chi connectivity index (χ3v) is 5.35. The molecule has 2 aromatic heterocycles. The van der Waals surface area contributed by atoms with Gasteiger partial charge in [-0.2, -0.15) is 4.52 Å². The summed E-state index contributed by atoms with van der Waals surface area (Å²) in [5.74, 6) is 0.0164. The van der Waals surface area contributed by atoms with E-state index in [4.69, 9.17) is 0 Å². The average Bonchev–Trinajstić information content (AvgIpc) is 3.20. The van der Waals surface area contributed by atoms with Crippen LogP contribution in [0.15, 0.2) is 35.1 Å². The molecule has 0 saturated carbocycles. The highest BCUT2D eigenvalue weighted by Crippen LogP contribution is 2.25. The molecule has 4 rings (SSSR count). The van der Waals surface area contributed by atoms with E-state index in [0.29, 0.717) is 29.5 Å². The molecule has 1 amide bonds. The molecule has 3 aromatic rings. The number of benzene rings is 1. The number of aromatic nitrogens is 3. The van der Waals surface area contributed by atoms with Gasteiger partial charge in [0, 0.05) is 24.0 Å². The lowest BCUT2D eigenvalue weighted by Crippen LogP contribution is -2.33. The summed E-state index contributed by atoms with van der Waals surface area (Å²) in [6.45, 7) is 4.63. The highest BCUT2D eigenvalue weighted by molar-refractivity contribution is 7.20. The van der Waals surface area contributed by atoms with Gasteiger partial charge in [-0.3, -0.25) is 9.59 Å². The van der Waals surface area contributed by atoms with E-state index >= 15 is 0 Å². The van der Waals surface area contributed by atoms with E-state index in [0.717, 1.165) is 16.9 Å². The molecule has 1 N–H and O–H groups in total. The van der Waals surface area contributed by atoms with Crippen molar-refractivity contribution in [1.29, 1.82) is 0 Å². The predicted octanol–water partition coefficient (Wildman–Crippen LogP) is 2.24. The Hall–Kier alpha value is -2.74. The first kappa shape index (κ1) is 16.7. The maximum absolute atomic E-state index is 12.7. The molecule has 0 radical (unpaired) electrons. The molecule has 1 aliphatic rings. The fourth-order valence-corrected chi connectivity index (χ4v) is 3.92. The maximum atomic E-state index is 12.7. The lowest BCUT2D eigenvalue weighted by atomic mass is 10.2. The van der Waals surface area contributed by atoms with Crippen LogP contribution in [0.3, 0.4) is 0 Å². The van der Waals surface area contributed by atoms with Gasteiger partial charge < -0.3 is 10.2 Å². The SMILES string of the molecule is CCc1cc(=O)n2nc(NC3CCN(c4ccc(C)cc4)C3=O)sc2n1. The van der Waals surface area contributed by atoms with Crippen molar-refractivity contribution in [3.05, 3.63) is 51.9 Å². The molecule has 1 aliphatic heterocycles. The van der Waals surface area contributed by atoms with Gasteiger partial charge in [-0.05, 0) is 31.9 Å². The van der Waals surface area contributed by atoms with Crippen LogP contribution in [-0.4, -0.2) is 33.1 Å². The van der Waals surface area contributed by atoms with Gasteiger partial charge >= 0.3 is 0 Å². The number of rotatable bonds is 4. The van der Waals surface area contributed by atoms with Gasteiger partial charge in [-0.15, -0.1) is 5.10 Å². The van der Waals surface area contributed by atoms with Crippen LogP contribution >= 0.6 is 11.3 Å². The van der Waals surface area contributed by atoms with Crippen LogP contribution in [0.5, 0.6) is 0 Å². The van der Waals surface area contributed by atoms with Crippen LogP contribution in [0.1, 0.15) is 24.6 Å². The van der Waals surface area contributed by atoms with Crippen molar-refractivity contribution in [2.24, 2.45) is 0 Å². The van der Waals surface area contributed by atoms with Crippen molar-refractivity contribution in [2.45, 2.75) is 32.7 Å². The highest BCUT2D eigenvalue weighted by atomic mass is 32.1. The third-order valence-electron chi connectivity index (χ3n) is 4.51. The minimum absolute atomic E-state index is 0.0164. The molecule has 1 saturated heterocycles. The standard InChI is InChI=1S/C18H19N5O2S/c1-3-12-10-15(24)23-18(19-12)26-17(21-23)20-14-8-9-22(16(14)25)13-6-4-11(2)5-7-13/h4-7,10,14H,3,8-9H2,1-2H3,(H,20,21). The molecule has 1 aromatic carbocycles. The number of fused-ring (bicyclic) bond motifs is 1.